The molecule has 2 rings (SSSR count). The lowest BCUT2D eigenvalue weighted by molar-refractivity contribution is 0.112. The fourth-order valence-corrected chi connectivity index (χ4v) is 1.84. The molecule has 0 N–H and O–H groups in total. The summed E-state index contributed by atoms with van der Waals surface area (Å²) in [5.41, 5.74) is 2.35. The van der Waals surface area contributed by atoms with Gasteiger partial charge >= 0.3 is 0 Å². The van der Waals surface area contributed by atoms with E-state index in [4.69, 9.17) is 4.74 Å². The van der Waals surface area contributed by atoms with Gasteiger partial charge in [0.25, 0.3) is 0 Å². The molecule has 0 spiro atoms. The van der Waals surface area contributed by atoms with Gasteiger partial charge in [0.05, 0.1) is 24.6 Å². The van der Waals surface area contributed by atoms with Crippen molar-refractivity contribution in [3.05, 3.63) is 30.0 Å². The zero-order valence-electron chi connectivity index (χ0n) is 10.5. The number of aromatic nitrogens is 3. The Kier molecular flexibility index (Phi) is 3.72. The van der Waals surface area contributed by atoms with Crippen LogP contribution in [0.2, 0.25) is 0 Å². The van der Waals surface area contributed by atoms with Gasteiger partial charge in [0.1, 0.15) is 5.75 Å². The molecule has 0 aliphatic rings. The number of carbonyl (C=O) groups excluding carboxylic acids is 1. The third kappa shape index (κ3) is 2.25. The van der Waals surface area contributed by atoms with Crippen LogP contribution < -0.4 is 4.74 Å². The van der Waals surface area contributed by atoms with Gasteiger partial charge in [-0.25, -0.2) is 4.68 Å². The van der Waals surface area contributed by atoms with Crippen molar-refractivity contribution in [3.8, 4) is 17.0 Å². The molecular weight excluding hydrogens is 230 g/mol. The van der Waals surface area contributed by atoms with Crippen molar-refractivity contribution >= 4 is 6.29 Å². The minimum Gasteiger partial charge on any atom is -0.496 e. The summed E-state index contributed by atoms with van der Waals surface area (Å²) in [6.07, 6.45) is 3.47. The number of carbonyl (C=O) groups is 1. The fourth-order valence-electron chi connectivity index (χ4n) is 1.84. The number of aldehydes is 1. The molecule has 0 aliphatic heterocycles. The molecule has 0 aliphatic carbocycles. The first-order chi connectivity index (χ1) is 8.80. The highest BCUT2D eigenvalue weighted by atomic mass is 16.5. The highest BCUT2D eigenvalue weighted by molar-refractivity contribution is 5.82. The van der Waals surface area contributed by atoms with Crippen LogP contribution in [0.4, 0.5) is 0 Å². The van der Waals surface area contributed by atoms with Gasteiger partial charge in [-0.1, -0.05) is 12.1 Å². The summed E-state index contributed by atoms with van der Waals surface area (Å²) in [6, 6.07) is 5.47. The second-order valence-corrected chi connectivity index (χ2v) is 3.92. The molecule has 5 nitrogen and oxygen atoms in total. The Bertz CT molecular complexity index is 549. The molecule has 1 aromatic carbocycles. The highest BCUT2D eigenvalue weighted by Gasteiger charge is 2.09. The lowest BCUT2D eigenvalue weighted by Gasteiger charge is -2.08. The SMILES string of the molecule is CCCn1nncc1-c1ccc(OC)c(C=O)c1. The monoisotopic (exact) mass is 245 g/mol. The van der Waals surface area contributed by atoms with Crippen molar-refractivity contribution in [2.45, 2.75) is 19.9 Å². The van der Waals surface area contributed by atoms with E-state index in [1.165, 1.54) is 0 Å². The number of hydrogen-bond donors (Lipinski definition) is 0. The molecule has 94 valence electrons. The van der Waals surface area contributed by atoms with Crippen LogP contribution in [0.5, 0.6) is 5.75 Å². The van der Waals surface area contributed by atoms with Crippen LogP contribution in [-0.4, -0.2) is 28.4 Å². The summed E-state index contributed by atoms with van der Waals surface area (Å²) in [7, 11) is 1.55. The molecule has 0 fully saturated rings. The molecule has 0 saturated heterocycles. The molecular formula is C13H15N3O2. The first kappa shape index (κ1) is 12.3. The van der Waals surface area contributed by atoms with Crippen LogP contribution >= 0.6 is 0 Å². The van der Waals surface area contributed by atoms with Crippen molar-refractivity contribution in [1.29, 1.82) is 0 Å². The average molecular weight is 245 g/mol. The van der Waals surface area contributed by atoms with Gasteiger partial charge in [0, 0.05) is 12.1 Å². The van der Waals surface area contributed by atoms with Gasteiger partial charge in [-0.05, 0) is 24.6 Å². The Labute approximate surface area is 105 Å². The molecule has 1 aromatic heterocycles. The van der Waals surface area contributed by atoms with Crippen molar-refractivity contribution in [3.63, 3.8) is 0 Å². The second-order valence-electron chi connectivity index (χ2n) is 3.92. The van der Waals surface area contributed by atoms with E-state index < -0.39 is 0 Å². The maximum Gasteiger partial charge on any atom is 0.153 e. The predicted molar refractivity (Wildman–Crippen MR) is 67.7 cm³/mol. The Balaban J connectivity index is 2.44. The summed E-state index contributed by atoms with van der Waals surface area (Å²) in [5, 5.41) is 7.94. The molecule has 0 unspecified atom stereocenters. The Hall–Kier alpha value is -2.17. The molecule has 0 amide bonds. The number of methoxy groups -OCH3 is 1. The highest BCUT2D eigenvalue weighted by Crippen LogP contribution is 2.25. The fraction of sp³-hybridized carbons (Fsp3) is 0.308. The van der Waals surface area contributed by atoms with E-state index in [2.05, 4.69) is 17.2 Å². The van der Waals surface area contributed by atoms with Crippen LogP contribution in [0.3, 0.4) is 0 Å². The molecule has 0 radical (unpaired) electrons. The van der Waals surface area contributed by atoms with Gasteiger partial charge in [-0.2, -0.15) is 0 Å². The van der Waals surface area contributed by atoms with Gasteiger partial charge in [-0.15, -0.1) is 5.10 Å². The number of nitrogens with zero attached hydrogens (tertiary/aromatic N) is 3. The third-order valence-corrected chi connectivity index (χ3v) is 2.71. The van der Waals surface area contributed by atoms with Crippen molar-refractivity contribution in [2.75, 3.05) is 7.11 Å². The predicted octanol–water partition coefficient (Wildman–Crippen LogP) is 2.18. The van der Waals surface area contributed by atoms with Gasteiger partial charge in [0.2, 0.25) is 0 Å². The second kappa shape index (κ2) is 5.44. The van der Waals surface area contributed by atoms with E-state index >= 15 is 0 Å². The zero-order chi connectivity index (χ0) is 13.0. The molecule has 0 atom stereocenters. The summed E-state index contributed by atoms with van der Waals surface area (Å²) < 4.78 is 6.95. The molecule has 5 heteroatoms. The summed E-state index contributed by atoms with van der Waals surface area (Å²) >= 11 is 0. The van der Waals surface area contributed by atoms with E-state index in [1.54, 1.807) is 25.4 Å². The van der Waals surface area contributed by atoms with Crippen molar-refractivity contribution in [2.24, 2.45) is 0 Å². The first-order valence-electron chi connectivity index (χ1n) is 5.82. The minimum atomic E-state index is 0.527. The quantitative estimate of drug-likeness (QED) is 0.757. The van der Waals surface area contributed by atoms with Gasteiger partial charge < -0.3 is 4.74 Å². The molecule has 18 heavy (non-hydrogen) atoms. The smallest absolute Gasteiger partial charge is 0.153 e. The zero-order valence-corrected chi connectivity index (χ0v) is 10.5. The van der Waals surface area contributed by atoms with E-state index in [9.17, 15) is 4.79 Å². The number of rotatable bonds is 5. The van der Waals surface area contributed by atoms with Gasteiger partial charge in [0.15, 0.2) is 6.29 Å². The lowest BCUT2D eigenvalue weighted by Crippen LogP contribution is -2.02. The third-order valence-electron chi connectivity index (χ3n) is 2.71. The van der Waals surface area contributed by atoms with Crippen LogP contribution in [0.15, 0.2) is 24.4 Å². The summed E-state index contributed by atoms with van der Waals surface area (Å²) in [5.74, 6) is 0.572. The summed E-state index contributed by atoms with van der Waals surface area (Å²) in [4.78, 5) is 11.0. The standard InChI is InChI=1S/C13H15N3O2/c1-3-6-16-12(8-14-15-16)10-4-5-13(18-2)11(7-10)9-17/h4-5,7-9H,3,6H2,1-2H3. The van der Waals surface area contributed by atoms with E-state index in [0.717, 1.165) is 30.5 Å². The number of ether oxygens (including phenoxy) is 1. The van der Waals surface area contributed by atoms with E-state index in [-0.39, 0.29) is 0 Å². The normalized spacial score (nSPS) is 10.3. The number of benzene rings is 1. The first-order valence-corrected chi connectivity index (χ1v) is 5.82. The topological polar surface area (TPSA) is 57.0 Å². The van der Waals surface area contributed by atoms with Crippen molar-refractivity contribution < 1.29 is 9.53 Å². The summed E-state index contributed by atoms with van der Waals surface area (Å²) in [6.45, 7) is 2.88. The largest absolute Gasteiger partial charge is 0.496 e. The molecule has 0 bridgehead atoms. The minimum absolute atomic E-state index is 0.527. The van der Waals surface area contributed by atoms with Crippen LogP contribution in [-0.2, 0) is 6.54 Å². The average Bonchev–Trinajstić information content (AvgIpc) is 2.86. The Morgan fingerprint density at radius 1 is 1.44 bits per heavy atom. The maximum absolute atomic E-state index is 11.0. The number of aryl methyl sites for hydroxylation is 1. The molecule has 0 saturated carbocycles. The van der Waals surface area contributed by atoms with E-state index in [1.807, 2.05) is 10.7 Å². The Morgan fingerprint density at radius 3 is 2.94 bits per heavy atom. The number of hydrogen-bond acceptors (Lipinski definition) is 4. The van der Waals surface area contributed by atoms with Crippen LogP contribution in [0.1, 0.15) is 23.7 Å². The van der Waals surface area contributed by atoms with Crippen LogP contribution in [0, 0.1) is 0 Å². The van der Waals surface area contributed by atoms with Crippen LogP contribution in [0.25, 0.3) is 11.3 Å². The Morgan fingerprint density at radius 2 is 2.28 bits per heavy atom. The lowest BCUT2D eigenvalue weighted by atomic mass is 10.1. The maximum atomic E-state index is 11.0. The molecule has 2 aromatic rings. The van der Waals surface area contributed by atoms with E-state index in [0.29, 0.717) is 11.3 Å². The molecule has 1 heterocycles. The van der Waals surface area contributed by atoms with Crippen molar-refractivity contribution in [1.82, 2.24) is 15.0 Å². The van der Waals surface area contributed by atoms with Gasteiger partial charge in [-0.3, -0.25) is 4.79 Å².